The van der Waals surface area contributed by atoms with Gasteiger partial charge in [-0.05, 0) is 39.2 Å². The van der Waals surface area contributed by atoms with Crippen LogP contribution in [0.1, 0.15) is 38.1 Å². The van der Waals surface area contributed by atoms with Crippen molar-refractivity contribution in [1.82, 2.24) is 5.43 Å². The first-order chi connectivity index (χ1) is 6.44. The van der Waals surface area contributed by atoms with Crippen LogP contribution >= 0.6 is 27.3 Å². The molecule has 2 nitrogen and oxygen atoms in total. The van der Waals surface area contributed by atoms with Crippen molar-refractivity contribution in [1.29, 1.82) is 0 Å². The topological polar surface area (TPSA) is 38.0 Å². The molecule has 1 heterocycles. The second-order valence-electron chi connectivity index (χ2n) is 4.62. The molecule has 1 rings (SSSR count). The van der Waals surface area contributed by atoms with Gasteiger partial charge in [-0.1, -0.05) is 20.8 Å². The first kappa shape index (κ1) is 12.2. The van der Waals surface area contributed by atoms with Crippen molar-refractivity contribution in [2.45, 2.75) is 33.2 Å². The molecule has 0 aromatic carbocycles. The van der Waals surface area contributed by atoms with Crippen molar-refractivity contribution in [2.75, 3.05) is 0 Å². The van der Waals surface area contributed by atoms with Crippen molar-refractivity contribution in [2.24, 2.45) is 11.3 Å². The fraction of sp³-hybridized carbons (Fsp3) is 0.600. The van der Waals surface area contributed by atoms with Gasteiger partial charge >= 0.3 is 0 Å². The molecule has 3 N–H and O–H groups in total. The van der Waals surface area contributed by atoms with Gasteiger partial charge in [0.05, 0.1) is 6.04 Å². The van der Waals surface area contributed by atoms with E-state index in [2.05, 4.69) is 53.6 Å². The van der Waals surface area contributed by atoms with Gasteiger partial charge in [-0.3, -0.25) is 11.3 Å². The Balaban J connectivity index is 2.78. The molecule has 0 aliphatic carbocycles. The molecule has 0 aliphatic heterocycles. The highest BCUT2D eigenvalue weighted by Gasteiger charge is 2.21. The molecule has 0 radical (unpaired) electrons. The smallest absolute Gasteiger partial charge is 0.0569 e. The highest BCUT2D eigenvalue weighted by Crippen LogP contribution is 2.35. The number of hydrazine groups is 1. The van der Waals surface area contributed by atoms with Gasteiger partial charge in [0, 0.05) is 9.35 Å². The first-order valence-corrected chi connectivity index (χ1v) is 6.30. The van der Waals surface area contributed by atoms with Crippen LogP contribution in [0.25, 0.3) is 0 Å². The number of hydrogen-bond acceptors (Lipinski definition) is 3. The van der Waals surface area contributed by atoms with E-state index in [1.165, 1.54) is 4.88 Å². The molecule has 0 saturated heterocycles. The average Bonchev–Trinajstić information content (AvgIpc) is 2.45. The minimum absolute atomic E-state index is 0.240. The highest BCUT2D eigenvalue weighted by atomic mass is 79.9. The molecule has 0 saturated carbocycles. The number of nitrogens with two attached hydrogens (primary N) is 1. The molecule has 0 amide bonds. The van der Waals surface area contributed by atoms with Gasteiger partial charge in [0.2, 0.25) is 0 Å². The molecule has 80 valence electrons. The van der Waals surface area contributed by atoms with E-state index in [0.29, 0.717) is 0 Å². The number of hydrogen-bond donors (Lipinski definition) is 2. The number of nitrogens with one attached hydrogen (secondary N) is 1. The Labute approximate surface area is 98.0 Å². The SMILES string of the molecule is CC(C)(C)CC(NN)c1sccc1Br. The number of halogens is 1. The van der Waals surface area contributed by atoms with Crippen LogP contribution in [0.5, 0.6) is 0 Å². The Morgan fingerprint density at radius 3 is 2.57 bits per heavy atom. The van der Waals surface area contributed by atoms with Crippen LogP contribution in [0, 0.1) is 5.41 Å². The summed E-state index contributed by atoms with van der Waals surface area (Å²) < 4.78 is 1.15. The lowest BCUT2D eigenvalue weighted by Crippen LogP contribution is -2.30. The van der Waals surface area contributed by atoms with Gasteiger partial charge in [0.15, 0.2) is 0 Å². The van der Waals surface area contributed by atoms with Gasteiger partial charge in [0.1, 0.15) is 0 Å². The third-order valence-electron chi connectivity index (χ3n) is 1.98. The van der Waals surface area contributed by atoms with Gasteiger partial charge in [-0.15, -0.1) is 11.3 Å². The normalized spacial score (nSPS) is 14.4. The molecule has 1 aromatic heterocycles. The standard InChI is InChI=1S/C10H17BrN2S/c1-10(2,3)6-8(13-12)9-7(11)4-5-14-9/h4-5,8,13H,6,12H2,1-3H3. The van der Waals surface area contributed by atoms with E-state index >= 15 is 0 Å². The zero-order chi connectivity index (χ0) is 10.8. The molecule has 14 heavy (non-hydrogen) atoms. The fourth-order valence-corrected chi connectivity index (χ4v) is 3.10. The Hall–Kier alpha value is 0.100. The number of thiophene rings is 1. The van der Waals surface area contributed by atoms with Crippen LogP contribution in [0.4, 0.5) is 0 Å². The lowest BCUT2D eigenvalue weighted by atomic mass is 9.88. The zero-order valence-corrected chi connectivity index (χ0v) is 11.2. The quantitative estimate of drug-likeness (QED) is 0.656. The van der Waals surface area contributed by atoms with Crippen LogP contribution in [-0.4, -0.2) is 0 Å². The van der Waals surface area contributed by atoms with Crippen molar-refractivity contribution in [3.8, 4) is 0 Å². The van der Waals surface area contributed by atoms with Crippen molar-refractivity contribution < 1.29 is 0 Å². The molecular weight excluding hydrogens is 260 g/mol. The summed E-state index contributed by atoms with van der Waals surface area (Å²) in [6.45, 7) is 6.66. The van der Waals surface area contributed by atoms with E-state index in [9.17, 15) is 0 Å². The molecular formula is C10H17BrN2S. The Morgan fingerprint density at radius 1 is 1.57 bits per heavy atom. The van der Waals surface area contributed by atoms with Gasteiger partial charge < -0.3 is 0 Å². The monoisotopic (exact) mass is 276 g/mol. The van der Waals surface area contributed by atoms with Crippen LogP contribution in [-0.2, 0) is 0 Å². The highest BCUT2D eigenvalue weighted by molar-refractivity contribution is 9.10. The van der Waals surface area contributed by atoms with Crippen LogP contribution in [0.15, 0.2) is 15.9 Å². The van der Waals surface area contributed by atoms with E-state index in [-0.39, 0.29) is 11.5 Å². The second kappa shape index (κ2) is 4.75. The molecule has 0 fully saturated rings. The summed E-state index contributed by atoms with van der Waals surface area (Å²) in [5, 5.41) is 2.08. The van der Waals surface area contributed by atoms with Crippen molar-refractivity contribution in [3.05, 3.63) is 20.8 Å². The van der Waals surface area contributed by atoms with E-state index in [0.717, 1.165) is 10.9 Å². The van der Waals surface area contributed by atoms with Crippen molar-refractivity contribution in [3.63, 3.8) is 0 Å². The lowest BCUT2D eigenvalue weighted by molar-refractivity contribution is 0.315. The van der Waals surface area contributed by atoms with Crippen molar-refractivity contribution >= 4 is 27.3 Å². The zero-order valence-electron chi connectivity index (χ0n) is 8.80. The molecule has 1 unspecified atom stereocenters. The summed E-state index contributed by atoms with van der Waals surface area (Å²) in [7, 11) is 0. The van der Waals surface area contributed by atoms with E-state index < -0.39 is 0 Å². The lowest BCUT2D eigenvalue weighted by Gasteiger charge is -2.25. The largest absolute Gasteiger partial charge is 0.271 e. The predicted molar refractivity (Wildman–Crippen MR) is 66.2 cm³/mol. The van der Waals surface area contributed by atoms with Gasteiger partial charge in [-0.2, -0.15) is 0 Å². The minimum atomic E-state index is 0.240. The van der Waals surface area contributed by atoms with Crippen LogP contribution < -0.4 is 11.3 Å². The summed E-state index contributed by atoms with van der Waals surface area (Å²) in [6, 6.07) is 2.30. The maximum atomic E-state index is 5.58. The Kier molecular flexibility index (Phi) is 4.13. The average molecular weight is 277 g/mol. The summed E-state index contributed by atoms with van der Waals surface area (Å²) in [5.74, 6) is 5.58. The van der Waals surface area contributed by atoms with Gasteiger partial charge in [-0.25, -0.2) is 0 Å². The Morgan fingerprint density at radius 2 is 2.21 bits per heavy atom. The second-order valence-corrected chi connectivity index (χ2v) is 6.42. The maximum absolute atomic E-state index is 5.58. The molecule has 1 aromatic rings. The van der Waals surface area contributed by atoms with E-state index in [4.69, 9.17) is 5.84 Å². The molecule has 4 heteroatoms. The molecule has 0 bridgehead atoms. The first-order valence-electron chi connectivity index (χ1n) is 4.63. The number of rotatable bonds is 3. The molecule has 0 spiro atoms. The summed E-state index contributed by atoms with van der Waals surface area (Å²) in [4.78, 5) is 1.28. The third-order valence-corrected chi connectivity index (χ3v) is 3.96. The van der Waals surface area contributed by atoms with E-state index in [1.807, 2.05) is 0 Å². The molecule has 0 aliphatic rings. The van der Waals surface area contributed by atoms with Crippen LogP contribution in [0.2, 0.25) is 0 Å². The fourth-order valence-electron chi connectivity index (χ4n) is 1.39. The van der Waals surface area contributed by atoms with E-state index in [1.54, 1.807) is 11.3 Å². The third kappa shape index (κ3) is 3.35. The van der Waals surface area contributed by atoms with Crippen LogP contribution in [0.3, 0.4) is 0 Å². The summed E-state index contributed by atoms with van der Waals surface area (Å²) >= 11 is 5.26. The maximum Gasteiger partial charge on any atom is 0.0569 e. The Bertz CT molecular complexity index is 291. The summed E-state index contributed by atoms with van der Waals surface area (Å²) in [5.41, 5.74) is 3.16. The van der Waals surface area contributed by atoms with Gasteiger partial charge in [0.25, 0.3) is 0 Å². The predicted octanol–water partition coefficient (Wildman–Crippen LogP) is 3.45. The minimum Gasteiger partial charge on any atom is -0.271 e. The molecule has 1 atom stereocenters. The summed E-state index contributed by atoms with van der Waals surface area (Å²) in [6.07, 6.45) is 1.03.